The molecule has 2 aromatic carbocycles. The predicted octanol–water partition coefficient (Wildman–Crippen LogP) is 3.66. The minimum absolute atomic E-state index is 0. The van der Waals surface area contributed by atoms with E-state index in [1.165, 1.54) is 4.57 Å². The Morgan fingerprint density at radius 3 is 2.37 bits per heavy atom. The van der Waals surface area contributed by atoms with Crippen molar-refractivity contribution >= 4 is 29.7 Å². The van der Waals surface area contributed by atoms with Crippen LogP contribution in [0.4, 0.5) is 5.69 Å². The van der Waals surface area contributed by atoms with E-state index in [2.05, 4.69) is 9.80 Å². The zero-order valence-corrected chi connectivity index (χ0v) is 21.7. The third-order valence-electron chi connectivity index (χ3n) is 6.32. The summed E-state index contributed by atoms with van der Waals surface area (Å²) in [5.41, 5.74) is 2.22. The minimum Gasteiger partial charge on any atom is -0.495 e. The predicted molar refractivity (Wildman–Crippen MR) is 144 cm³/mol. The summed E-state index contributed by atoms with van der Waals surface area (Å²) in [4.78, 5) is 30.3. The van der Waals surface area contributed by atoms with Crippen molar-refractivity contribution in [3.63, 3.8) is 0 Å². The molecule has 0 saturated carbocycles. The van der Waals surface area contributed by atoms with Gasteiger partial charge in [0.15, 0.2) is 0 Å². The summed E-state index contributed by atoms with van der Waals surface area (Å²) in [6.07, 6.45) is 2.41. The first-order valence-corrected chi connectivity index (χ1v) is 12.0. The average molecular weight is 519 g/mol. The second-order valence-corrected chi connectivity index (χ2v) is 9.10. The summed E-state index contributed by atoms with van der Waals surface area (Å²) in [7, 11) is 1.66. The molecule has 1 saturated heterocycles. The average Bonchev–Trinajstić information content (AvgIpc) is 2.85. The molecule has 35 heavy (non-hydrogen) atoms. The van der Waals surface area contributed by atoms with Gasteiger partial charge in [0.2, 0.25) is 0 Å². The van der Waals surface area contributed by atoms with Gasteiger partial charge in [-0.15, -0.1) is 12.4 Å². The molecular formula is C26H32Cl2N4O3. The Balaban J connectivity index is 0.00000342. The van der Waals surface area contributed by atoms with E-state index in [4.69, 9.17) is 16.3 Å². The van der Waals surface area contributed by atoms with Gasteiger partial charge in [0, 0.05) is 55.6 Å². The topological polar surface area (TPSA) is 59.7 Å². The van der Waals surface area contributed by atoms with Gasteiger partial charge in [-0.2, -0.15) is 0 Å². The van der Waals surface area contributed by atoms with Crippen LogP contribution in [0.1, 0.15) is 17.5 Å². The van der Waals surface area contributed by atoms with Crippen LogP contribution < -0.4 is 20.9 Å². The number of methoxy groups -OCH3 is 1. The van der Waals surface area contributed by atoms with E-state index in [0.717, 1.165) is 56.1 Å². The number of halogens is 2. The number of hydrogen-bond donors (Lipinski definition) is 0. The van der Waals surface area contributed by atoms with Crippen LogP contribution >= 0.6 is 24.0 Å². The number of aromatic nitrogens is 2. The first kappa shape index (κ1) is 26.9. The highest BCUT2D eigenvalue weighted by Gasteiger charge is 2.20. The zero-order valence-electron chi connectivity index (χ0n) is 20.2. The minimum atomic E-state index is -0.251. The molecule has 1 aliphatic heterocycles. The maximum absolute atomic E-state index is 13.0. The fraction of sp³-hybridized carbons (Fsp3) is 0.385. The molecule has 4 rings (SSSR count). The van der Waals surface area contributed by atoms with Gasteiger partial charge >= 0.3 is 5.69 Å². The summed E-state index contributed by atoms with van der Waals surface area (Å²) in [6, 6.07) is 15.5. The molecule has 0 aliphatic carbocycles. The Hall–Kier alpha value is -2.74. The third kappa shape index (κ3) is 6.48. The molecule has 2 heterocycles. The van der Waals surface area contributed by atoms with E-state index < -0.39 is 0 Å². The van der Waals surface area contributed by atoms with Crippen molar-refractivity contribution in [2.24, 2.45) is 0 Å². The van der Waals surface area contributed by atoms with Crippen LogP contribution in [0, 0.1) is 6.92 Å². The first-order valence-electron chi connectivity index (χ1n) is 11.6. The molecule has 1 fully saturated rings. The van der Waals surface area contributed by atoms with E-state index in [9.17, 15) is 9.59 Å². The number of aryl methyl sites for hydroxylation is 1. The van der Waals surface area contributed by atoms with Crippen LogP contribution in [0.15, 0.2) is 64.3 Å². The third-order valence-corrected chi connectivity index (χ3v) is 6.55. The maximum atomic E-state index is 13.0. The van der Waals surface area contributed by atoms with Crippen molar-refractivity contribution in [3.8, 4) is 5.75 Å². The van der Waals surface area contributed by atoms with Gasteiger partial charge in [-0.05, 0) is 37.6 Å². The zero-order chi connectivity index (χ0) is 24.1. The maximum Gasteiger partial charge on any atom is 0.331 e. The lowest BCUT2D eigenvalue weighted by Gasteiger charge is -2.36. The van der Waals surface area contributed by atoms with Crippen LogP contribution in [-0.2, 0) is 13.1 Å². The molecule has 0 bridgehead atoms. The number of benzene rings is 2. The number of nitrogens with zero attached hydrogens (tertiary/aromatic N) is 4. The van der Waals surface area contributed by atoms with E-state index >= 15 is 0 Å². The van der Waals surface area contributed by atoms with Gasteiger partial charge in [-0.1, -0.05) is 41.9 Å². The van der Waals surface area contributed by atoms with Crippen LogP contribution in [0.2, 0.25) is 5.02 Å². The Kier molecular flexibility index (Phi) is 9.43. The molecule has 188 valence electrons. The number of rotatable bonds is 8. The molecule has 3 aromatic rings. The Morgan fingerprint density at radius 1 is 0.971 bits per heavy atom. The molecule has 1 aliphatic rings. The molecular weight excluding hydrogens is 487 g/mol. The quantitative estimate of drug-likeness (QED) is 0.455. The van der Waals surface area contributed by atoms with Gasteiger partial charge < -0.3 is 9.64 Å². The molecule has 0 unspecified atom stereocenters. The van der Waals surface area contributed by atoms with Crippen LogP contribution in [0.5, 0.6) is 5.75 Å². The van der Waals surface area contributed by atoms with Crippen molar-refractivity contribution in [1.82, 2.24) is 14.0 Å². The van der Waals surface area contributed by atoms with E-state index in [1.54, 1.807) is 24.8 Å². The SMILES string of the molecule is COc1cc(Cl)ccc1N1CCN(CCCn2c(=O)c(C)cn(Cc3ccccc3)c2=O)CC1.Cl. The highest BCUT2D eigenvalue weighted by atomic mass is 35.5. The summed E-state index contributed by atoms with van der Waals surface area (Å²) in [5, 5.41) is 0.661. The van der Waals surface area contributed by atoms with Crippen molar-refractivity contribution in [2.75, 3.05) is 44.7 Å². The lowest BCUT2D eigenvalue weighted by Crippen LogP contribution is -2.47. The molecule has 9 heteroatoms. The monoisotopic (exact) mass is 518 g/mol. The number of hydrogen-bond acceptors (Lipinski definition) is 5. The van der Waals surface area contributed by atoms with Crippen molar-refractivity contribution in [2.45, 2.75) is 26.4 Å². The number of ether oxygens (including phenoxy) is 1. The van der Waals surface area contributed by atoms with Crippen molar-refractivity contribution in [3.05, 3.63) is 91.7 Å². The molecule has 0 radical (unpaired) electrons. The molecule has 0 amide bonds. The van der Waals surface area contributed by atoms with E-state index in [-0.39, 0.29) is 23.7 Å². The van der Waals surface area contributed by atoms with Crippen molar-refractivity contribution < 1.29 is 4.74 Å². The summed E-state index contributed by atoms with van der Waals surface area (Å²) < 4.78 is 8.51. The summed E-state index contributed by atoms with van der Waals surface area (Å²) in [5.74, 6) is 0.784. The van der Waals surface area contributed by atoms with Crippen LogP contribution in [-0.4, -0.2) is 53.9 Å². The first-order chi connectivity index (χ1) is 16.5. The van der Waals surface area contributed by atoms with Gasteiger partial charge in [-0.3, -0.25) is 18.8 Å². The largest absolute Gasteiger partial charge is 0.495 e. The highest BCUT2D eigenvalue weighted by molar-refractivity contribution is 6.30. The summed E-state index contributed by atoms with van der Waals surface area (Å²) >= 11 is 6.09. The van der Waals surface area contributed by atoms with Gasteiger partial charge in [0.05, 0.1) is 19.3 Å². The highest BCUT2D eigenvalue weighted by Crippen LogP contribution is 2.31. The van der Waals surface area contributed by atoms with Gasteiger partial charge in [-0.25, -0.2) is 4.79 Å². The molecule has 7 nitrogen and oxygen atoms in total. The summed E-state index contributed by atoms with van der Waals surface area (Å²) in [6.45, 7) is 7.06. The van der Waals surface area contributed by atoms with Crippen molar-refractivity contribution in [1.29, 1.82) is 0 Å². The Morgan fingerprint density at radius 2 is 1.69 bits per heavy atom. The van der Waals surface area contributed by atoms with Crippen LogP contribution in [0.25, 0.3) is 0 Å². The Bertz CT molecular complexity index is 1240. The van der Waals surface area contributed by atoms with Crippen LogP contribution in [0.3, 0.4) is 0 Å². The number of anilines is 1. The molecule has 0 atom stereocenters. The van der Waals surface area contributed by atoms with E-state index in [1.807, 2.05) is 48.5 Å². The van der Waals surface area contributed by atoms with Gasteiger partial charge in [0.1, 0.15) is 5.75 Å². The molecule has 1 aromatic heterocycles. The number of piperazine rings is 1. The molecule has 0 N–H and O–H groups in total. The fourth-order valence-electron chi connectivity index (χ4n) is 4.47. The Labute approximate surface area is 216 Å². The smallest absolute Gasteiger partial charge is 0.331 e. The normalized spacial score (nSPS) is 14.0. The lowest BCUT2D eigenvalue weighted by atomic mass is 10.2. The van der Waals surface area contributed by atoms with E-state index in [0.29, 0.717) is 23.7 Å². The fourth-order valence-corrected chi connectivity index (χ4v) is 4.63. The second kappa shape index (κ2) is 12.3. The standard InChI is InChI=1S/C26H31ClN4O3.ClH/c1-20-18-30(19-21-7-4-3-5-8-21)26(33)31(25(20)32)12-6-11-28-13-15-29(16-14-28)23-10-9-22(27)17-24(23)34-2;/h3-5,7-10,17-18H,6,11-16,19H2,1-2H3;1H. The molecule has 0 spiro atoms. The lowest BCUT2D eigenvalue weighted by molar-refractivity contribution is 0.248. The van der Waals surface area contributed by atoms with Gasteiger partial charge in [0.25, 0.3) is 5.56 Å². The second-order valence-electron chi connectivity index (χ2n) is 8.66.